The van der Waals surface area contributed by atoms with Crippen LogP contribution in [0, 0.1) is 5.92 Å². The minimum Gasteiger partial charge on any atom is -0.448 e. The van der Waals surface area contributed by atoms with Gasteiger partial charge in [-0.05, 0) is 5.92 Å². The van der Waals surface area contributed by atoms with Gasteiger partial charge in [0.05, 0.1) is 0 Å². The molecule has 0 saturated heterocycles. The van der Waals surface area contributed by atoms with E-state index in [9.17, 15) is 4.79 Å². The van der Waals surface area contributed by atoms with Crippen LogP contribution < -0.4 is 5.73 Å². The summed E-state index contributed by atoms with van der Waals surface area (Å²) >= 11 is 0. The maximum atomic E-state index is 10.8. The van der Waals surface area contributed by atoms with Crippen molar-refractivity contribution < 1.29 is 9.21 Å². The number of oxazole rings is 1. The molecule has 2 N–H and O–H groups in total. The molecule has 1 aromatic heterocycles. The molecular formula is C10H16N2O2. The van der Waals surface area contributed by atoms with Gasteiger partial charge in [-0.2, -0.15) is 0 Å². The number of nitrogens with zero attached hydrogens (tertiary/aromatic N) is 1. The van der Waals surface area contributed by atoms with Gasteiger partial charge in [0.1, 0.15) is 6.26 Å². The molecule has 0 aliphatic rings. The van der Waals surface area contributed by atoms with Crippen molar-refractivity contribution in [2.24, 2.45) is 11.7 Å². The van der Waals surface area contributed by atoms with E-state index in [-0.39, 0.29) is 11.1 Å². The van der Waals surface area contributed by atoms with Crippen LogP contribution in [0.4, 0.5) is 0 Å². The van der Waals surface area contributed by atoms with Crippen LogP contribution in [-0.4, -0.2) is 10.9 Å². The molecule has 0 atom stereocenters. The summed E-state index contributed by atoms with van der Waals surface area (Å²) in [6, 6.07) is 0. The van der Waals surface area contributed by atoms with Gasteiger partial charge in [-0.1, -0.05) is 27.7 Å². The molecule has 0 bridgehead atoms. The molecular weight excluding hydrogens is 180 g/mol. The minimum atomic E-state index is -0.556. The number of aromatic nitrogens is 1. The van der Waals surface area contributed by atoms with Gasteiger partial charge in [0.15, 0.2) is 5.69 Å². The number of rotatable bonds is 3. The summed E-state index contributed by atoms with van der Waals surface area (Å²) in [5.41, 5.74) is 5.09. The molecule has 0 unspecified atom stereocenters. The molecule has 1 aromatic rings. The molecule has 0 radical (unpaired) electrons. The normalized spacial score (nSPS) is 12.1. The Kier molecular flexibility index (Phi) is 2.64. The third kappa shape index (κ3) is 1.78. The fourth-order valence-corrected chi connectivity index (χ4v) is 0.930. The smallest absolute Gasteiger partial charge is 0.270 e. The first-order chi connectivity index (χ1) is 6.35. The molecule has 0 fully saturated rings. The van der Waals surface area contributed by atoms with Gasteiger partial charge in [0.25, 0.3) is 5.91 Å². The molecule has 0 saturated carbocycles. The second-order valence-electron chi connectivity index (χ2n) is 4.28. The number of nitrogens with two attached hydrogens (primary N) is 1. The first kappa shape index (κ1) is 10.8. The van der Waals surface area contributed by atoms with E-state index in [4.69, 9.17) is 10.2 Å². The highest BCUT2D eigenvalue weighted by Gasteiger charge is 2.30. The molecule has 0 aromatic carbocycles. The fraction of sp³-hybridized carbons (Fsp3) is 0.600. The highest BCUT2D eigenvalue weighted by atomic mass is 16.3. The molecule has 1 heterocycles. The van der Waals surface area contributed by atoms with Crippen LogP contribution in [0.1, 0.15) is 44.1 Å². The Bertz CT molecular complexity index is 340. The lowest BCUT2D eigenvalue weighted by Gasteiger charge is -2.24. The quantitative estimate of drug-likeness (QED) is 0.800. The highest BCUT2D eigenvalue weighted by Crippen LogP contribution is 2.30. The zero-order chi connectivity index (χ0) is 10.9. The average molecular weight is 196 g/mol. The Hall–Kier alpha value is -1.32. The Morgan fingerprint density at radius 1 is 1.57 bits per heavy atom. The number of carbonyl (C=O) groups is 1. The number of hydrogen-bond acceptors (Lipinski definition) is 3. The van der Waals surface area contributed by atoms with Gasteiger partial charge in [0.2, 0.25) is 5.89 Å². The predicted octanol–water partition coefficient (Wildman–Crippen LogP) is 1.71. The Balaban J connectivity index is 3.02. The molecule has 14 heavy (non-hydrogen) atoms. The molecule has 78 valence electrons. The lowest BCUT2D eigenvalue weighted by atomic mass is 9.81. The van der Waals surface area contributed by atoms with Crippen molar-refractivity contribution in [3.05, 3.63) is 17.8 Å². The summed E-state index contributed by atoms with van der Waals surface area (Å²) in [4.78, 5) is 14.9. The van der Waals surface area contributed by atoms with E-state index in [0.717, 1.165) is 0 Å². The van der Waals surface area contributed by atoms with E-state index in [0.29, 0.717) is 11.8 Å². The molecule has 4 heteroatoms. The third-order valence-electron chi connectivity index (χ3n) is 2.75. The van der Waals surface area contributed by atoms with Gasteiger partial charge in [-0.25, -0.2) is 4.98 Å². The van der Waals surface area contributed by atoms with Gasteiger partial charge in [0, 0.05) is 5.41 Å². The van der Waals surface area contributed by atoms with Crippen molar-refractivity contribution in [1.29, 1.82) is 0 Å². The molecule has 1 rings (SSSR count). The summed E-state index contributed by atoms with van der Waals surface area (Å²) in [5, 5.41) is 0. The van der Waals surface area contributed by atoms with Crippen molar-refractivity contribution >= 4 is 5.91 Å². The second kappa shape index (κ2) is 3.44. The summed E-state index contributed by atoms with van der Waals surface area (Å²) in [5.74, 6) is 0.378. The Morgan fingerprint density at radius 3 is 2.50 bits per heavy atom. The summed E-state index contributed by atoms with van der Waals surface area (Å²) in [6.07, 6.45) is 1.31. The van der Waals surface area contributed by atoms with E-state index in [1.165, 1.54) is 6.26 Å². The lowest BCUT2D eigenvalue weighted by molar-refractivity contribution is 0.0995. The first-order valence-electron chi connectivity index (χ1n) is 4.61. The zero-order valence-corrected chi connectivity index (χ0v) is 9.00. The van der Waals surface area contributed by atoms with Crippen LogP contribution in [0.3, 0.4) is 0 Å². The maximum Gasteiger partial charge on any atom is 0.270 e. The first-order valence-corrected chi connectivity index (χ1v) is 4.61. The summed E-state index contributed by atoms with van der Waals surface area (Å²) in [6.45, 7) is 8.20. The minimum absolute atomic E-state index is 0.187. The second-order valence-corrected chi connectivity index (χ2v) is 4.28. The van der Waals surface area contributed by atoms with E-state index in [1.807, 2.05) is 13.8 Å². The van der Waals surface area contributed by atoms with Gasteiger partial charge >= 0.3 is 0 Å². The van der Waals surface area contributed by atoms with Crippen LogP contribution in [0.25, 0.3) is 0 Å². The van der Waals surface area contributed by atoms with Crippen LogP contribution in [0.5, 0.6) is 0 Å². The lowest BCUT2D eigenvalue weighted by Crippen LogP contribution is -2.25. The SMILES string of the molecule is CC(C)C(C)(C)c1nc(C(N)=O)co1. The zero-order valence-electron chi connectivity index (χ0n) is 9.00. The van der Waals surface area contributed by atoms with E-state index in [2.05, 4.69) is 18.8 Å². The monoisotopic (exact) mass is 196 g/mol. The average Bonchev–Trinajstić information content (AvgIpc) is 2.51. The standard InChI is InChI=1S/C10H16N2O2/c1-6(2)10(3,4)9-12-7(5-14-9)8(11)13/h5-6H,1-4H3,(H2,11,13). The number of amides is 1. The van der Waals surface area contributed by atoms with Gasteiger partial charge < -0.3 is 10.2 Å². The fourth-order valence-electron chi connectivity index (χ4n) is 0.930. The number of carbonyl (C=O) groups excluding carboxylic acids is 1. The van der Waals surface area contributed by atoms with Crippen LogP contribution >= 0.6 is 0 Å². The summed E-state index contributed by atoms with van der Waals surface area (Å²) < 4.78 is 5.24. The van der Waals surface area contributed by atoms with Crippen LogP contribution in [0.2, 0.25) is 0 Å². The molecule has 0 aliphatic carbocycles. The van der Waals surface area contributed by atoms with Crippen LogP contribution in [0.15, 0.2) is 10.7 Å². The summed E-state index contributed by atoms with van der Waals surface area (Å²) in [7, 11) is 0. The molecule has 4 nitrogen and oxygen atoms in total. The van der Waals surface area contributed by atoms with Crippen molar-refractivity contribution in [2.45, 2.75) is 33.1 Å². The number of hydrogen-bond donors (Lipinski definition) is 1. The van der Waals surface area contributed by atoms with Gasteiger partial charge in [-0.15, -0.1) is 0 Å². The van der Waals surface area contributed by atoms with Gasteiger partial charge in [-0.3, -0.25) is 4.79 Å². The Labute approximate surface area is 83.5 Å². The van der Waals surface area contributed by atoms with Crippen molar-refractivity contribution in [2.75, 3.05) is 0 Å². The third-order valence-corrected chi connectivity index (χ3v) is 2.75. The van der Waals surface area contributed by atoms with E-state index >= 15 is 0 Å². The Morgan fingerprint density at radius 2 is 2.14 bits per heavy atom. The largest absolute Gasteiger partial charge is 0.448 e. The van der Waals surface area contributed by atoms with E-state index in [1.54, 1.807) is 0 Å². The van der Waals surface area contributed by atoms with Crippen molar-refractivity contribution in [3.63, 3.8) is 0 Å². The van der Waals surface area contributed by atoms with Crippen LogP contribution in [-0.2, 0) is 5.41 Å². The number of primary amides is 1. The molecule has 0 spiro atoms. The molecule has 0 aliphatic heterocycles. The van der Waals surface area contributed by atoms with Crippen molar-refractivity contribution in [1.82, 2.24) is 4.98 Å². The predicted molar refractivity (Wildman–Crippen MR) is 52.9 cm³/mol. The van der Waals surface area contributed by atoms with Crippen molar-refractivity contribution in [3.8, 4) is 0 Å². The molecule has 1 amide bonds. The topological polar surface area (TPSA) is 69.1 Å². The highest BCUT2D eigenvalue weighted by molar-refractivity contribution is 5.90. The maximum absolute atomic E-state index is 10.8. The van der Waals surface area contributed by atoms with E-state index < -0.39 is 5.91 Å².